The highest BCUT2D eigenvalue weighted by Crippen LogP contribution is 2.30. The number of imidazole rings is 1. The standard InChI is InChI=1S/C31H36F2N8O4S/c1-20-6-12-23(13-7-20)46(43,44)34-19-28(42)35-21-8-10-22(11-9-21)36-31-38-26(40-14-16-45-17-15-40)18-27(39-31)41-25-5-3-2-4-24(25)37-30(41)29(32)33/h2-7,12-13,18,21-22,29,34H,8-11,14-17,19H2,1H3,(H,35,42)(H,36,38,39)/t21-,22-. The monoisotopic (exact) mass is 654 g/mol. The number of benzene rings is 2. The highest BCUT2D eigenvalue weighted by atomic mass is 32.2. The second kappa shape index (κ2) is 13.6. The van der Waals surface area contributed by atoms with E-state index in [9.17, 15) is 22.0 Å². The van der Waals surface area contributed by atoms with Gasteiger partial charge in [0.05, 0.1) is 35.7 Å². The van der Waals surface area contributed by atoms with Gasteiger partial charge in [-0.05, 0) is 56.9 Å². The van der Waals surface area contributed by atoms with Crippen molar-refractivity contribution in [1.82, 2.24) is 29.6 Å². The summed E-state index contributed by atoms with van der Waals surface area (Å²) >= 11 is 0. The van der Waals surface area contributed by atoms with E-state index in [-0.39, 0.29) is 29.3 Å². The van der Waals surface area contributed by atoms with E-state index >= 15 is 0 Å². The van der Waals surface area contributed by atoms with Crippen LogP contribution in [0.3, 0.4) is 0 Å². The van der Waals surface area contributed by atoms with Crippen molar-refractivity contribution < 1.29 is 26.7 Å². The third kappa shape index (κ3) is 7.26. The summed E-state index contributed by atoms with van der Waals surface area (Å²) in [6.45, 7) is 3.78. The SMILES string of the molecule is Cc1ccc(S(=O)(=O)NCC(=O)N[C@H]2CC[C@H](Nc3nc(N4CCOCC4)cc(-n4c(C(F)F)nc5ccccc54)n3)CC2)cc1. The lowest BCUT2D eigenvalue weighted by molar-refractivity contribution is -0.120. The average molecular weight is 655 g/mol. The lowest BCUT2D eigenvalue weighted by Gasteiger charge is -2.31. The van der Waals surface area contributed by atoms with Gasteiger partial charge in [-0.1, -0.05) is 29.8 Å². The smallest absolute Gasteiger partial charge is 0.296 e. The number of nitrogens with one attached hydrogen (secondary N) is 3. The molecule has 0 unspecified atom stereocenters. The number of carbonyl (C=O) groups excluding carboxylic acids is 1. The van der Waals surface area contributed by atoms with E-state index in [1.165, 1.54) is 16.7 Å². The summed E-state index contributed by atoms with van der Waals surface area (Å²) in [7, 11) is -3.80. The molecule has 3 heterocycles. The molecule has 1 aliphatic heterocycles. The number of ether oxygens (including phenoxy) is 1. The maximum absolute atomic E-state index is 14.2. The number of amides is 1. The number of para-hydroxylation sites is 2. The second-order valence-electron chi connectivity index (χ2n) is 11.5. The third-order valence-electron chi connectivity index (χ3n) is 8.22. The molecule has 2 aromatic carbocycles. The van der Waals surface area contributed by atoms with E-state index < -0.39 is 28.2 Å². The van der Waals surface area contributed by atoms with Gasteiger partial charge in [0.1, 0.15) is 11.6 Å². The molecule has 12 nitrogen and oxygen atoms in total. The zero-order chi connectivity index (χ0) is 32.3. The number of carbonyl (C=O) groups is 1. The van der Waals surface area contributed by atoms with Gasteiger partial charge in [-0.15, -0.1) is 0 Å². The number of sulfonamides is 1. The summed E-state index contributed by atoms with van der Waals surface area (Å²) in [4.78, 5) is 28.3. The molecule has 244 valence electrons. The Morgan fingerprint density at radius 2 is 1.63 bits per heavy atom. The summed E-state index contributed by atoms with van der Waals surface area (Å²) in [6.07, 6.45) is -0.111. The largest absolute Gasteiger partial charge is 0.378 e. The summed E-state index contributed by atoms with van der Waals surface area (Å²) in [5.41, 5.74) is 1.90. The molecule has 2 aliphatic rings. The zero-order valence-corrected chi connectivity index (χ0v) is 26.1. The summed E-state index contributed by atoms with van der Waals surface area (Å²) < 4.78 is 62.7. The number of rotatable bonds is 10. The fraction of sp³-hybridized carbons (Fsp3) is 0.419. The molecule has 4 aromatic rings. The number of anilines is 2. The van der Waals surface area contributed by atoms with E-state index in [0.29, 0.717) is 74.8 Å². The van der Waals surface area contributed by atoms with Crippen LogP contribution in [0.4, 0.5) is 20.5 Å². The summed E-state index contributed by atoms with van der Waals surface area (Å²) in [5, 5.41) is 6.32. The van der Waals surface area contributed by atoms with Crippen molar-refractivity contribution in [2.75, 3.05) is 43.1 Å². The van der Waals surface area contributed by atoms with Gasteiger partial charge in [0.2, 0.25) is 21.9 Å². The van der Waals surface area contributed by atoms with Crippen LogP contribution >= 0.6 is 0 Å². The Bertz CT molecular complexity index is 1790. The van der Waals surface area contributed by atoms with Gasteiger partial charge in [0, 0.05) is 31.2 Å². The van der Waals surface area contributed by atoms with Crippen LogP contribution in [-0.4, -0.2) is 78.8 Å². The van der Waals surface area contributed by atoms with Gasteiger partial charge in [-0.2, -0.15) is 9.97 Å². The van der Waals surface area contributed by atoms with Gasteiger partial charge in [-0.25, -0.2) is 26.9 Å². The maximum atomic E-state index is 14.2. The predicted molar refractivity (Wildman–Crippen MR) is 169 cm³/mol. The summed E-state index contributed by atoms with van der Waals surface area (Å²) in [6, 6.07) is 14.9. The molecule has 1 aliphatic carbocycles. The van der Waals surface area contributed by atoms with Crippen molar-refractivity contribution in [2.45, 2.75) is 56.0 Å². The van der Waals surface area contributed by atoms with Crippen molar-refractivity contribution >= 4 is 38.7 Å². The zero-order valence-electron chi connectivity index (χ0n) is 25.3. The lowest BCUT2D eigenvalue weighted by atomic mass is 9.91. The first-order valence-electron chi connectivity index (χ1n) is 15.3. The van der Waals surface area contributed by atoms with E-state index in [4.69, 9.17) is 9.72 Å². The Morgan fingerprint density at radius 1 is 0.957 bits per heavy atom. The van der Waals surface area contributed by atoms with Gasteiger partial charge in [0.25, 0.3) is 6.43 Å². The number of halogens is 2. The van der Waals surface area contributed by atoms with Crippen LogP contribution in [0.25, 0.3) is 16.9 Å². The fourth-order valence-corrected chi connectivity index (χ4v) is 6.77. The van der Waals surface area contributed by atoms with Crippen molar-refractivity contribution in [1.29, 1.82) is 0 Å². The van der Waals surface area contributed by atoms with Crippen molar-refractivity contribution in [3.8, 4) is 5.82 Å². The fourth-order valence-electron chi connectivity index (χ4n) is 5.79. The number of hydrogen-bond donors (Lipinski definition) is 3. The maximum Gasteiger partial charge on any atom is 0.296 e. The third-order valence-corrected chi connectivity index (χ3v) is 9.64. The molecule has 46 heavy (non-hydrogen) atoms. The number of morpholine rings is 1. The number of hydrogen-bond acceptors (Lipinski definition) is 9. The number of nitrogens with zero attached hydrogens (tertiary/aromatic N) is 5. The highest BCUT2D eigenvalue weighted by Gasteiger charge is 2.26. The van der Waals surface area contributed by atoms with E-state index in [1.807, 2.05) is 11.8 Å². The molecule has 1 saturated carbocycles. The molecule has 0 atom stereocenters. The second-order valence-corrected chi connectivity index (χ2v) is 13.3. The van der Waals surface area contributed by atoms with Crippen LogP contribution in [0.2, 0.25) is 0 Å². The molecule has 0 bridgehead atoms. The van der Waals surface area contributed by atoms with Crippen LogP contribution in [0.15, 0.2) is 59.5 Å². The first-order valence-corrected chi connectivity index (χ1v) is 16.7. The number of aromatic nitrogens is 4. The molecule has 2 fully saturated rings. The lowest BCUT2D eigenvalue weighted by Crippen LogP contribution is -2.44. The Kier molecular flexibility index (Phi) is 9.42. The minimum Gasteiger partial charge on any atom is -0.378 e. The average Bonchev–Trinajstić information content (AvgIpc) is 3.46. The van der Waals surface area contributed by atoms with Gasteiger partial charge in [0.15, 0.2) is 5.82 Å². The van der Waals surface area contributed by atoms with E-state index in [1.54, 1.807) is 42.5 Å². The van der Waals surface area contributed by atoms with Crippen molar-refractivity contribution in [3.63, 3.8) is 0 Å². The number of alkyl halides is 2. The van der Waals surface area contributed by atoms with Crippen LogP contribution in [0.1, 0.15) is 43.5 Å². The van der Waals surface area contributed by atoms with Gasteiger partial charge < -0.3 is 20.3 Å². The number of aryl methyl sites for hydroxylation is 1. The van der Waals surface area contributed by atoms with Crippen molar-refractivity contribution in [3.05, 3.63) is 66.0 Å². The Balaban J connectivity index is 1.13. The van der Waals surface area contributed by atoms with Crippen LogP contribution in [0.5, 0.6) is 0 Å². The molecular weight excluding hydrogens is 618 g/mol. The Labute approximate surface area is 265 Å². The van der Waals surface area contributed by atoms with Gasteiger partial charge >= 0.3 is 0 Å². The van der Waals surface area contributed by atoms with Crippen LogP contribution < -0.4 is 20.3 Å². The first kappa shape index (κ1) is 31.8. The molecule has 1 amide bonds. The van der Waals surface area contributed by atoms with Crippen molar-refractivity contribution in [2.24, 2.45) is 0 Å². The van der Waals surface area contributed by atoms with E-state index in [0.717, 1.165) is 5.56 Å². The predicted octanol–water partition coefficient (Wildman–Crippen LogP) is 3.72. The summed E-state index contributed by atoms with van der Waals surface area (Å²) in [5.74, 6) is 0.409. The highest BCUT2D eigenvalue weighted by molar-refractivity contribution is 7.89. The first-order chi connectivity index (χ1) is 22.2. The van der Waals surface area contributed by atoms with Crippen LogP contribution in [0, 0.1) is 6.92 Å². The minimum absolute atomic E-state index is 0.0184. The molecule has 0 spiro atoms. The quantitative estimate of drug-likeness (QED) is 0.233. The minimum atomic E-state index is -3.80. The molecule has 0 radical (unpaired) electrons. The normalized spacial score (nSPS) is 19.0. The molecule has 1 saturated heterocycles. The molecular formula is C31H36F2N8O4S. The Hall–Kier alpha value is -4.21. The topological polar surface area (TPSA) is 143 Å². The molecule has 2 aromatic heterocycles. The molecule has 15 heteroatoms. The Morgan fingerprint density at radius 3 is 2.35 bits per heavy atom. The van der Waals surface area contributed by atoms with Crippen LogP contribution in [-0.2, 0) is 19.6 Å². The van der Waals surface area contributed by atoms with E-state index in [2.05, 4.69) is 25.3 Å². The molecule has 3 N–H and O–H groups in total. The van der Waals surface area contributed by atoms with Gasteiger partial charge in [-0.3, -0.25) is 9.36 Å². The molecule has 6 rings (SSSR count). The number of fused-ring (bicyclic) bond motifs is 1.